The monoisotopic (exact) mass is 368 g/mol. The van der Waals surface area contributed by atoms with Crippen LogP contribution in [0.5, 0.6) is 0 Å². The van der Waals surface area contributed by atoms with Crippen LogP contribution >= 0.6 is 23.4 Å². The third-order valence-corrected chi connectivity index (χ3v) is 5.84. The first-order valence-electron chi connectivity index (χ1n) is 8.14. The number of benzene rings is 2. The fraction of sp³-hybridized carbons (Fsp3) is 0.150. The van der Waals surface area contributed by atoms with E-state index in [2.05, 4.69) is 0 Å². The topological polar surface area (TPSA) is 25.2 Å². The standard InChI is InChI=1S/C20H17ClN2OS/c21-17-7-3-16(4-8-17)20-23(13-14-25-20)19(24)15-5-9-18(10-6-15)22-11-1-2-12-22/h1-12,20H,13-14H2. The number of carbonyl (C=O) groups is 1. The Labute approximate surface area is 156 Å². The van der Waals surface area contributed by atoms with Crippen LogP contribution in [0.4, 0.5) is 0 Å². The molecule has 2 heterocycles. The average Bonchev–Trinajstić information content (AvgIpc) is 3.34. The van der Waals surface area contributed by atoms with Crippen LogP contribution < -0.4 is 0 Å². The fourth-order valence-corrected chi connectivity index (χ4v) is 4.41. The molecule has 3 aromatic rings. The molecule has 0 radical (unpaired) electrons. The maximum atomic E-state index is 13.0. The molecule has 1 amide bonds. The number of hydrogen-bond acceptors (Lipinski definition) is 2. The van der Waals surface area contributed by atoms with Crippen LogP contribution in [0.2, 0.25) is 5.02 Å². The lowest BCUT2D eigenvalue weighted by molar-refractivity contribution is 0.0760. The largest absolute Gasteiger partial charge is 0.324 e. The zero-order valence-electron chi connectivity index (χ0n) is 13.5. The molecule has 1 fully saturated rings. The number of carbonyl (C=O) groups excluding carboxylic acids is 1. The summed E-state index contributed by atoms with van der Waals surface area (Å²) in [5.74, 6) is 1.02. The normalized spacial score (nSPS) is 17.0. The Morgan fingerprint density at radius 1 is 1.00 bits per heavy atom. The van der Waals surface area contributed by atoms with Crippen molar-refractivity contribution in [3.05, 3.63) is 89.2 Å². The van der Waals surface area contributed by atoms with Crippen LogP contribution in [-0.2, 0) is 0 Å². The molecule has 1 unspecified atom stereocenters. The van der Waals surface area contributed by atoms with E-state index in [1.54, 1.807) is 11.8 Å². The Bertz CT molecular complexity index is 860. The SMILES string of the molecule is O=C(c1ccc(-n2cccc2)cc1)N1CCSC1c1ccc(Cl)cc1. The first-order valence-corrected chi connectivity index (χ1v) is 9.56. The van der Waals surface area contributed by atoms with Gasteiger partial charge >= 0.3 is 0 Å². The molecular weight excluding hydrogens is 352 g/mol. The van der Waals surface area contributed by atoms with E-state index in [0.29, 0.717) is 5.02 Å². The quantitative estimate of drug-likeness (QED) is 0.648. The third kappa shape index (κ3) is 3.32. The lowest BCUT2D eigenvalue weighted by atomic mass is 10.1. The van der Waals surface area contributed by atoms with Crippen LogP contribution in [0.15, 0.2) is 73.1 Å². The van der Waals surface area contributed by atoms with Crippen molar-refractivity contribution in [2.75, 3.05) is 12.3 Å². The predicted octanol–water partition coefficient (Wildman–Crippen LogP) is 5.02. The second kappa shape index (κ2) is 6.98. The Morgan fingerprint density at radius 3 is 2.36 bits per heavy atom. The minimum absolute atomic E-state index is 0.0499. The first kappa shape index (κ1) is 16.3. The summed E-state index contributed by atoms with van der Waals surface area (Å²) in [6.45, 7) is 0.760. The number of thioether (sulfide) groups is 1. The van der Waals surface area contributed by atoms with Crippen molar-refractivity contribution in [2.24, 2.45) is 0 Å². The molecule has 126 valence electrons. The predicted molar refractivity (Wildman–Crippen MR) is 103 cm³/mol. The van der Waals surface area contributed by atoms with E-state index in [1.807, 2.05) is 82.5 Å². The summed E-state index contributed by atoms with van der Waals surface area (Å²) in [7, 11) is 0. The third-order valence-electron chi connectivity index (χ3n) is 4.32. The van der Waals surface area contributed by atoms with Gasteiger partial charge in [-0.2, -0.15) is 0 Å². The molecule has 3 nitrogen and oxygen atoms in total. The van der Waals surface area contributed by atoms with E-state index >= 15 is 0 Å². The highest BCUT2D eigenvalue weighted by molar-refractivity contribution is 7.99. The molecule has 0 saturated carbocycles. The van der Waals surface area contributed by atoms with Crippen molar-refractivity contribution in [3.8, 4) is 5.69 Å². The molecule has 1 atom stereocenters. The summed E-state index contributed by atoms with van der Waals surface area (Å²) in [5.41, 5.74) is 2.88. The van der Waals surface area contributed by atoms with Crippen LogP contribution in [0.1, 0.15) is 21.3 Å². The van der Waals surface area contributed by atoms with Gasteiger partial charge in [-0.15, -0.1) is 11.8 Å². The number of hydrogen-bond donors (Lipinski definition) is 0. The molecule has 4 rings (SSSR count). The molecule has 0 aliphatic carbocycles. The number of halogens is 1. The Balaban J connectivity index is 1.56. The lowest BCUT2D eigenvalue weighted by Crippen LogP contribution is -2.30. The second-order valence-electron chi connectivity index (χ2n) is 5.91. The zero-order valence-corrected chi connectivity index (χ0v) is 15.1. The minimum Gasteiger partial charge on any atom is -0.324 e. The summed E-state index contributed by atoms with van der Waals surface area (Å²) in [5, 5.41) is 0.763. The second-order valence-corrected chi connectivity index (χ2v) is 7.53. The van der Waals surface area contributed by atoms with Gasteiger partial charge < -0.3 is 9.47 Å². The molecule has 0 bridgehead atoms. The minimum atomic E-state index is 0.0499. The van der Waals surface area contributed by atoms with Crippen molar-refractivity contribution in [1.29, 1.82) is 0 Å². The van der Waals surface area contributed by atoms with Crippen molar-refractivity contribution in [3.63, 3.8) is 0 Å². The van der Waals surface area contributed by atoms with E-state index in [4.69, 9.17) is 11.6 Å². The molecule has 0 spiro atoms. The van der Waals surface area contributed by atoms with E-state index < -0.39 is 0 Å². The summed E-state index contributed by atoms with van der Waals surface area (Å²) >= 11 is 7.77. The maximum absolute atomic E-state index is 13.0. The van der Waals surface area contributed by atoms with Gasteiger partial charge in [0.15, 0.2) is 0 Å². The Kier molecular flexibility index (Phi) is 4.55. The van der Waals surface area contributed by atoms with Gasteiger partial charge in [-0.05, 0) is 54.1 Å². The van der Waals surface area contributed by atoms with Crippen LogP contribution in [0.3, 0.4) is 0 Å². The number of rotatable bonds is 3. The molecule has 1 aromatic heterocycles. The highest BCUT2D eigenvalue weighted by Crippen LogP contribution is 2.39. The van der Waals surface area contributed by atoms with Gasteiger partial charge in [0.05, 0.1) is 0 Å². The van der Waals surface area contributed by atoms with E-state index in [0.717, 1.165) is 29.1 Å². The zero-order chi connectivity index (χ0) is 17.2. The Morgan fingerprint density at radius 2 is 1.68 bits per heavy atom. The summed E-state index contributed by atoms with van der Waals surface area (Å²) in [6.07, 6.45) is 3.98. The number of nitrogens with zero attached hydrogens (tertiary/aromatic N) is 2. The van der Waals surface area contributed by atoms with Crippen LogP contribution in [0, 0.1) is 0 Å². The molecule has 1 aliphatic heterocycles. The van der Waals surface area contributed by atoms with Crippen LogP contribution in [0.25, 0.3) is 5.69 Å². The Hall–Kier alpha value is -2.17. The van der Waals surface area contributed by atoms with Gasteiger partial charge in [-0.1, -0.05) is 23.7 Å². The van der Waals surface area contributed by atoms with E-state index in [9.17, 15) is 4.79 Å². The van der Waals surface area contributed by atoms with Gasteiger partial charge in [-0.3, -0.25) is 4.79 Å². The van der Waals surface area contributed by atoms with Gasteiger partial charge in [0.25, 0.3) is 5.91 Å². The van der Waals surface area contributed by atoms with Gasteiger partial charge in [-0.25, -0.2) is 0 Å². The van der Waals surface area contributed by atoms with Crippen molar-refractivity contribution >= 4 is 29.3 Å². The average molecular weight is 369 g/mol. The molecule has 0 N–H and O–H groups in total. The van der Waals surface area contributed by atoms with Crippen molar-refractivity contribution < 1.29 is 4.79 Å². The molecule has 2 aromatic carbocycles. The van der Waals surface area contributed by atoms with Gasteiger partial charge in [0, 0.05) is 41.0 Å². The van der Waals surface area contributed by atoms with Crippen molar-refractivity contribution in [1.82, 2.24) is 9.47 Å². The van der Waals surface area contributed by atoms with Crippen LogP contribution in [-0.4, -0.2) is 27.7 Å². The summed E-state index contributed by atoms with van der Waals surface area (Å²) in [4.78, 5) is 14.9. The molecular formula is C20H17ClN2OS. The summed E-state index contributed by atoms with van der Waals surface area (Å²) < 4.78 is 2.02. The molecule has 25 heavy (non-hydrogen) atoms. The summed E-state index contributed by atoms with van der Waals surface area (Å²) in [6, 6.07) is 19.5. The smallest absolute Gasteiger partial charge is 0.255 e. The highest BCUT2D eigenvalue weighted by Gasteiger charge is 2.31. The van der Waals surface area contributed by atoms with E-state index in [-0.39, 0.29) is 11.3 Å². The van der Waals surface area contributed by atoms with E-state index in [1.165, 1.54) is 0 Å². The van der Waals surface area contributed by atoms with Crippen molar-refractivity contribution in [2.45, 2.75) is 5.37 Å². The van der Waals surface area contributed by atoms with Gasteiger partial charge in [0.2, 0.25) is 0 Å². The number of amides is 1. The highest BCUT2D eigenvalue weighted by atomic mass is 35.5. The molecule has 1 saturated heterocycles. The maximum Gasteiger partial charge on any atom is 0.255 e. The first-order chi connectivity index (χ1) is 12.2. The molecule has 1 aliphatic rings. The lowest BCUT2D eigenvalue weighted by Gasteiger charge is -2.24. The molecule has 5 heteroatoms. The number of aromatic nitrogens is 1. The van der Waals surface area contributed by atoms with Gasteiger partial charge in [0.1, 0.15) is 5.37 Å². The fourth-order valence-electron chi connectivity index (χ4n) is 3.03.